The third-order valence-corrected chi connectivity index (χ3v) is 5.26. The highest BCUT2D eigenvalue weighted by molar-refractivity contribution is 7.99. The molecule has 3 aromatic rings. The maximum Gasteiger partial charge on any atom is 0.234 e. The zero-order valence-corrected chi connectivity index (χ0v) is 17.9. The minimum Gasteiger partial charge on any atom is -0.486 e. The molecule has 0 saturated heterocycles. The van der Waals surface area contributed by atoms with E-state index in [1.165, 1.54) is 36.0 Å². The van der Waals surface area contributed by atoms with Crippen LogP contribution < -0.4 is 10.1 Å². The monoisotopic (exact) mass is 428 g/mol. The maximum atomic E-state index is 13.0. The Balaban J connectivity index is 1.62. The number of hydrogen-bond donors (Lipinski definition) is 1. The number of carbonyl (C=O) groups is 1. The molecule has 0 aliphatic rings. The number of nitrogens with one attached hydrogen (secondary N) is 1. The molecule has 158 valence electrons. The third-order valence-electron chi connectivity index (χ3n) is 4.29. The van der Waals surface area contributed by atoms with Crippen LogP contribution in [-0.4, -0.2) is 26.4 Å². The summed E-state index contributed by atoms with van der Waals surface area (Å²) in [5.74, 6) is 1.66. The Hall–Kier alpha value is -2.87. The summed E-state index contributed by atoms with van der Waals surface area (Å²) >= 11 is 1.32. The van der Waals surface area contributed by atoms with E-state index < -0.39 is 0 Å². The lowest BCUT2D eigenvalue weighted by Crippen LogP contribution is -2.15. The second kappa shape index (κ2) is 10.8. The number of amides is 1. The topological polar surface area (TPSA) is 69.0 Å². The van der Waals surface area contributed by atoms with Gasteiger partial charge in [0.25, 0.3) is 0 Å². The lowest BCUT2D eigenvalue weighted by Gasteiger charge is -2.12. The summed E-state index contributed by atoms with van der Waals surface area (Å²) in [6, 6.07) is 15.2. The van der Waals surface area contributed by atoms with E-state index in [0.29, 0.717) is 23.4 Å². The fraction of sp³-hybridized carbons (Fsp3) is 0.318. The molecule has 1 heterocycles. The number of halogens is 1. The molecule has 8 heteroatoms. The minimum absolute atomic E-state index is 0.177. The molecule has 1 aromatic heterocycles. The Morgan fingerprint density at radius 1 is 1.13 bits per heavy atom. The molecule has 0 fully saturated rings. The number of hydrogen-bond acceptors (Lipinski definition) is 5. The van der Waals surface area contributed by atoms with Gasteiger partial charge in [0.05, 0.1) is 5.75 Å². The maximum absolute atomic E-state index is 13.0. The van der Waals surface area contributed by atoms with Gasteiger partial charge in [-0.25, -0.2) is 4.39 Å². The first kappa shape index (κ1) is 21.8. The fourth-order valence-electron chi connectivity index (χ4n) is 2.67. The fourth-order valence-corrected chi connectivity index (χ4v) is 3.45. The van der Waals surface area contributed by atoms with Crippen molar-refractivity contribution in [3.8, 4) is 5.75 Å². The number of nitrogens with zero attached hydrogens (tertiary/aromatic N) is 3. The molecule has 0 radical (unpaired) electrons. The Kier molecular flexibility index (Phi) is 7.84. The van der Waals surface area contributed by atoms with E-state index in [2.05, 4.69) is 29.4 Å². The van der Waals surface area contributed by atoms with Gasteiger partial charge in [0.15, 0.2) is 11.0 Å². The number of anilines is 1. The molecule has 0 bridgehead atoms. The molecule has 0 aliphatic heterocycles. The minimum atomic E-state index is -0.342. The zero-order chi connectivity index (χ0) is 21.3. The normalized spacial score (nSPS) is 10.9. The number of aromatic nitrogens is 3. The molecule has 0 atom stereocenters. The predicted molar refractivity (Wildman–Crippen MR) is 116 cm³/mol. The van der Waals surface area contributed by atoms with Gasteiger partial charge in [-0.05, 0) is 48.7 Å². The summed E-state index contributed by atoms with van der Waals surface area (Å²) in [5, 5.41) is 12.0. The van der Waals surface area contributed by atoms with Crippen molar-refractivity contribution in [3.05, 3.63) is 66.2 Å². The van der Waals surface area contributed by atoms with Crippen molar-refractivity contribution < 1.29 is 13.9 Å². The van der Waals surface area contributed by atoms with Gasteiger partial charge >= 0.3 is 0 Å². The van der Waals surface area contributed by atoms with Gasteiger partial charge < -0.3 is 14.6 Å². The van der Waals surface area contributed by atoms with E-state index in [0.717, 1.165) is 24.5 Å². The summed E-state index contributed by atoms with van der Waals surface area (Å²) < 4.78 is 20.8. The number of carbonyl (C=O) groups excluding carboxylic acids is 1. The van der Waals surface area contributed by atoms with Gasteiger partial charge in [-0.3, -0.25) is 4.79 Å². The number of thioether (sulfide) groups is 1. The Morgan fingerprint density at radius 3 is 2.57 bits per heavy atom. The molecular weight excluding hydrogens is 403 g/mol. The second-order valence-corrected chi connectivity index (χ2v) is 8.12. The zero-order valence-electron chi connectivity index (χ0n) is 17.0. The van der Waals surface area contributed by atoms with Crippen molar-refractivity contribution >= 4 is 23.4 Å². The standard InChI is InChI=1S/C22H25FN4O2S/c1-16(2)12-13-27-20(14-29-19-6-4-3-5-7-19)25-26-22(27)30-15-21(28)24-18-10-8-17(23)9-11-18/h3-11,16H,12-15H2,1-2H3,(H,24,28). The van der Waals surface area contributed by atoms with Gasteiger partial charge in [0.2, 0.25) is 5.91 Å². The highest BCUT2D eigenvalue weighted by Crippen LogP contribution is 2.21. The van der Waals surface area contributed by atoms with Crippen LogP contribution in [0.25, 0.3) is 0 Å². The second-order valence-electron chi connectivity index (χ2n) is 7.18. The lowest BCUT2D eigenvalue weighted by molar-refractivity contribution is -0.113. The van der Waals surface area contributed by atoms with Crippen LogP contribution in [0.4, 0.5) is 10.1 Å². The number of ether oxygens (including phenoxy) is 1. The van der Waals surface area contributed by atoms with Gasteiger partial charge in [0, 0.05) is 12.2 Å². The molecule has 0 spiro atoms. The van der Waals surface area contributed by atoms with Crippen molar-refractivity contribution in [1.29, 1.82) is 0 Å². The highest BCUT2D eigenvalue weighted by atomic mass is 32.2. The molecule has 0 aliphatic carbocycles. The molecule has 2 aromatic carbocycles. The van der Waals surface area contributed by atoms with Crippen LogP contribution in [0.1, 0.15) is 26.1 Å². The van der Waals surface area contributed by atoms with Crippen LogP contribution in [0.15, 0.2) is 59.8 Å². The molecule has 0 unspecified atom stereocenters. The Morgan fingerprint density at radius 2 is 1.87 bits per heavy atom. The first-order valence-corrected chi connectivity index (χ1v) is 10.8. The van der Waals surface area contributed by atoms with Crippen molar-refractivity contribution in [3.63, 3.8) is 0 Å². The molecule has 6 nitrogen and oxygen atoms in total. The summed E-state index contributed by atoms with van der Waals surface area (Å²) in [6.45, 7) is 5.37. The first-order valence-electron chi connectivity index (χ1n) is 9.79. The number of rotatable bonds is 10. The molecule has 0 saturated carbocycles. The van der Waals surface area contributed by atoms with E-state index >= 15 is 0 Å². The summed E-state index contributed by atoms with van der Waals surface area (Å²) in [6.07, 6.45) is 0.964. The van der Waals surface area contributed by atoms with Gasteiger partial charge in [-0.2, -0.15) is 0 Å². The van der Waals surface area contributed by atoms with Crippen LogP contribution in [0, 0.1) is 11.7 Å². The number of para-hydroxylation sites is 1. The van der Waals surface area contributed by atoms with E-state index in [4.69, 9.17) is 4.74 Å². The van der Waals surface area contributed by atoms with Crippen LogP contribution in [0.3, 0.4) is 0 Å². The Labute approximate surface area is 179 Å². The molecule has 1 amide bonds. The van der Waals surface area contributed by atoms with Crippen LogP contribution in [0.2, 0.25) is 0 Å². The van der Waals surface area contributed by atoms with Crippen molar-refractivity contribution in [1.82, 2.24) is 14.8 Å². The van der Waals surface area contributed by atoms with Crippen LogP contribution >= 0.6 is 11.8 Å². The summed E-state index contributed by atoms with van der Waals surface area (Å²) in [4.78, 5) is 12.3. The SMILES string of the molecule is CC(C)CCn1c(COc2ccccc2)nnc1SCC(=O)Nc1ccc(F)cc1. The van der Waals surface area contributed by atoms with Crippen molar-refractivity contribution in [2.45, 2.75) is 38.6 Å². The van der Waals surface area contributed by atoms with Gasteiger partial charge in [0.1, 0.15) is 18.2 Å². The smallest absolute Gasteiger partial charge is 0.234 e. The third kappa shape index (κ3) is 6.59. The first-order chi connectivity index (χ1) is 14.5. The lowest BCUT2D eigenvalue weighted by atomic mass is 10.1. The molecular formula is C22H25FN4O2S. The quantitative estimate of drug-likeness (QED) is 0.471. The highest BCUT2D eigenvalue weighted by Gasteiger charge is 2.15. The summed E-state index contributed by atoms with van der Waals surface area (Å²) in [5.41, 5.74) is 0.556. The van der Waals surface area contributed by atoms with Crippen LogP contribution in [0.5, 0.6) is 5.75 Å². The van der Waals surface area contributed by atoms with Crippen LogP contribution in [-0.2, 0) is 17.9 Å². The van der Waals surface area contributed by atoms with E-state index in [-0.39, 0.29) is 17.5 Å². The van der Waals surface area contributed by atoms with Crippen molar-refractivity contribution in [2.24, 2.45) is 5.92 Å². The molecule has 30 heavy (non-hydrogen) atoms. The largest absolute Gasteiger partial charge is 0.486 e. The number of benzene rings is 2. The van der Waals surface area contributed by atoms with Gasteiger partial charge in [-0.15, -0.1) is 10.2 Å². The van der Waals surface area contributed by atoms with E-state index in [1.807, 2.05) is 34.9 Å². The molecule has 1 N–H and O–H groups in total. The Bertz CT molecular complexity index is 946. The van der Waals surface area contributed by atoms with E-state index in [1.54, 1.807) is 0 Å². The molecule has 3 rings (SSSR count). The average molecular weight is 429 g/mol. The predicted octanol–water partition coefficient (Wildman–Crippen LogP) is 4.77. The van der Waals surface area contributed by atoms with Gasteiger partial charge in [-0.1, -0.05) is 43.8 Å². The van der Waals surface area contributed by atoms with E-state index in [9.17, 15) is 9.18 Å². The summed E-state index contributed by atoms with van der Waals surface area (Å²) in [7, 11) is 0. The van der Waals surface area contributed by atoms with Crippen molar-refractivity contribution in [2.75, 3.05) is 11.1 Å². The average Bonchev–Trinajstić information content (AvgIpc) is 3.13.